The van der Waals surface area contributed by atoms with Crippen molar-refractivity contribution in [1.82, 2.24) is 5.32 Å². The van der Waals surface area contributed by atoms with Crippen LogP contribution in [0.2, 0.25) is 0 Å². The minimum absolute atomic E-state index is 0.133. The molecule has 2 amide bonds. The van der Waals surface area contributed by atoms with Gasteiger partial charge >= 0.3 is 6.03 Å². The van der Waals surface area contributed by atoms with Gasteiger partial charge in [-0.05, 0) is 55.2 Å². The van der Waals surface area contributed by atoms with Crippen LogP contribution in [0.25, 0.3) is 0 Å². The summed E-state index contributed by atoms with van der Waals surface area (Å²) in [6.45, 7) is 6.26. The molecule has 4 nitrogen and oxygen atoms in total. The van der Waals surface area contributed by atoms with Crippen molar-refractivity contribution in [3.05, 3.63) is 59.2 Å². The Morgan fingerprint density at radius 1 is 1.09 bits per heavy atom. The van der Waals surface area contributed by atoms with Crippen molar-refractivity contribution < 1.29 is 9.53 Å². The zero-order chi connectivity index (χ0) is 15.9. The molecule has 0 atom stereocenters. The van der Waals surface area contributed by atoms with Gasteiger partial charge in [0.05, 0.1) is 0 Å². The van der Waals surface area contributed by atoms with Gasteiger partial charge in [0.1, 0.15) is 5.75 Å². The molecule has 0 heterocycles. The van der Waals surface area contributed by atoms with Crippen molar-refractivity contribution in [2.45, 2.75) is 27.2 Å². The number of aryl methyl sites for hydroxylation is 3. The van der Waals surface area contributed by atoms with E-state index >= 15 is 0 Å². The molecule has 2 aromatic carbocycles. The first-order valence-corrected chi connectivity index (χ1v) is 7.43. The number of para-hydroxylation sites is 1. The predicted molar refractivity (Wildman–Crippen MR) is 89.4 cm³/mol. The molecule has 2 N–H and O–H groups in total. The Kier molecular flexibility index (Phi) is 5.42. The van der Waals surface area contributed by atoms with E-state index in [2.05, 4.69) is 17.6 Å². The smallest absolute Gasteiger partial charge is 0.321 e. The van der Waals surface area contributed by atoms with Crippen LogP contribution in [0.4, 0.5) is 10.5 Å². The fourth-order valence-corrected chi connectivity index (χ4v) is 2.11. The van der Waals surface area contributed by atoms with E-state index in [0.717, 1.165) is 29.0 Å². The van der Waals surface area contributed by atoms with Gasteiger partial charge in [0.15, 0.2) is 6.73 Å². The third kappa shape index (κ3) is 4.25. The third-order valence-electron chi connectivity index (χ3n) is 3.58. The molecule has 0 saturated carbocycles. The third-order valence-corrected chi connectivity index (χ3v) is 3.58. The highest BCUT2D eigenvalue weighted by Gasteiger charge is 2.04. The molecule has 2 aromatic rings. The van der Waals surface area contributed by atoms with E-state index in [4.69, 9.17) is 4.74 Å². The number of benzene rings is 2. The number of nitrogens with one attached hydrogen (secondary N) is 2. The summed E-state index contributed by atoms with van der Waals surface area (Å²) in [5.41, 5.74) is 4.24. The minimum Gasteiger partial charge on any atom is -0.473 e. The Morgan fingerprint density at radius 3 is 2.59 bits per heavy atom. The number of carbonyl (C=O) groups excluding carboxylic acids is 1. The maximum Gasteiger partial charge on any atom is 0.321 e. The summed E-state index contributed by atoms with van der Waals surface area (Å²) in [4.78, 5) is 11.9. The lowest BCUT2D eigenvalue weighted by molar-refractivity contribution is 0.234. The second kappa shape index (κ2) is 7.50. The van der Waals surface area contributed by atoms with Crippen molar-refractivity contribution in [1.29, 1.82) is 0 Å². The van der Waals surface area contributed by atoms with Gasteiger partial charge in [-0.1, -0.05) is 31.2 Å². The molecule has 0 aromatic heterocycles. The summed E-state index contributed by atoms with van der Waals surface area (Å²) in [6.07, 6.45) is 0.894. The van der Waals surface area contributed by atoms with E-state index in [9.17, 15) is 4.79 Å². The Labute approximate surface area is 131 Å². The Morgan fingerprint density at radius 2 is 1.86 bits per heavy atom. The van der Waals surface area contributed by atoms with E-state index in [0.29, 0.717) is 0 Å². The fourth-order valence-electron chi connectivity index (χ4n) is 2.11. The van der Waals surface area contributed by atoms with Gasteiger partial charge in [0.2, 0.25) is 0 Å². The molecule has 22 heavy (non-hydrogen) atoms. The number of amides is 2. The van der Waals surface area contributed by atoms with Gasteiger partial charge in [0.25, 0.3) is 0 Å². The van der Waals surface area contributed by atoms with Crippen molar-refractivity contribution >= 4 is 11.7 Å². The largest absolute Gasteiger partial charge is 0.473 e. The first kappa shape index (κ1) is 15.9. The number of hydrogen-bond acceptors (Lipinski definition) is 2. The summed E-state index contributed by atoms with van der Waals surface area (Å²) in [5, 5.41) is 5.49. The van der Waals surface area contributed by atoms with Gasteiger partial charge < -0.3 is 15.4 Å². The normalized spacial score (nSPS) is 10.1. The molecule has 0 aliphatic rings. The molecule has 2 rings (SSSR count). The number of hydrogen-bond donors (Lipinski definition) is 2. The van der Waals surface area contributed by atoms with Crippen LogP contribution >= 0.6 is 0 Å². The van der Waals surface area contributed by atoms with Gasteiger partial charge in [-0.3, -0.25) is 0 Å². The van der Waals surface area contributed by atoms with E-state index in [1.54, 1.807) is 0 Å². The Bertz CT molecular complexity index is 653. The van der Waals surface area contributed by atoms with Crippen LogP contribution in [0.5, 0.6) is 5.75 Å². The fraction of sp³-hybridized carbons (Fsp3) is 0.278. The van der Waals surface area contributed by atoms with E-state index < -0.39 is 0 Å². The molecule has 4 heteroatoms. The maximum absolute atomic E-state index is 11.9. The number of carbonyl (C=O) groups is 1. The molecule has 0 radical (unpaired) electrons. The standard InChI is InChI=1S/C18H22N2O2/c1-4-15-7-5-6-8-17(15)22-12-19-18(21)20-16-10-9-13(2)14(3)11-16/h5-11H,4,12H2,1-3H3,(H2,19,20,21). The number of rotatable bonds is 5. The van der Waals surface area contributed by atoms with Gasteiger partial charge in [0, 0.05) is 5.69 Å². The molecule has 0 spiro atoms. The van der Waals surface area contributed by atoms with Crippen molar-refractivity contribution in [3.8, 4) is 5.75 Å². The Balaban J connectivity index is 1.84. The van der Waals surface area contributed by atoms with Crippen LogP contribution < -0.4 is 15.4 Å². The lowest BCUT2D eigenvalue weighted by atomic mass is 10.1. The second-order valence-electron chi connectivity index (χ2n) is 5.18. The van der Waals surface area contributed by atoms with Crippen molar-refractivity contribution in [2.75, 3.05) is 12.0 Å². The molecule has 0 unspecified atom stereocenters. The quantitative estimate of drug-likeness (QED) is 0.819. The summed E-state index contributed by atoms with van der Waals surface area (Å²) in [5.74, 6) is 0.802. The predicted octanol–water partition coefficient (Wildman–Crippen LogP) is 4.02. The minimum atomic E-state index is -0.280. The highest BCUT2D eigenvalue weighted by atomic mass is 16.5. The second-order valence-corrected chi connectivity index (χ2v) is 5.18. The molecule has 116 valence electrons. The van der Waals surface area contributed by atoms with E-state index in [1.165, 1.54) is 5.56 Å². The maximum atomic E-state index is 11.9. The molecule has 0 aliphatic carbocycles. The van der Waals surface area contributed by atoms with Crippen molar-refractivity contribution in [3.63, 3.8) is 0 Å². The molecular formula is C18H22N2O2. The molecule has 0 fully saturated rings. The summed E-state index contributed by atoms with van der Waals surface area (Å²) < 4.78 is 5.61. The number of ether oxygens (including phenoxy) is 1. The summed E-state index contributed by atoms with van der Waals surface area (Å²) >= 11 is 0. The number of anilines is 1. The topological polar surface area (TPSA) is 50.4 Å². The lowest BCUT2D eigenvalue weighted by Crippen LogP contribution is -2.32. The average Bonchev–Trinajstić information content (AvgIpc) is 2.51. The zero-order valence-electron chi connectivity index (χ0n) is 13.3. The van der Waals surface area contributed by atoms with Gasteiger partial charge in [-0.2, -0.15) is 0 Å². The summed E-state index contributed by atoms with van der Waals surface area (Å²) in [6, 6.07) is 13.4. The Hall–Kier alpha value is -2.49. The van der Waals surface area contributed by atoms with Crippen LogP contribution in [-0.4, -0.2) is 12.8 Å². The van der Waals surface area contributed by atoms with Crippen LogP contribution in [0.15, 0.2) is 42.5 Å². The van der Waals surface area contributed by atoms with Crippen LogP contribution in [-0.2, 0) is 6.42 Å². The van der Waals surface area contributed by atoms with Crippen molar-refractivity contribution in [2.24, 2.45) is 0 Å². The van der Waals surface area contributed by atoms with E-state index in [-0.39, 0.29) is 12.8 Å². The zero-order valence-corrected chi connectivity index (χ0v) is 13.3. The van der Waals surface area contributed by atoms with Crippen LogP contribution in [0.1, 0.15) is 23.6 Å². The van der Waals surface area contributed by atoms with Gasteiger partial charge in [-0.25, -0.2) is 4.79 Å². The average molecular weight is 298 g/mol. The molecule has 0 bridgehead atoms. The number of urea groups is 1. The van der Waals surface area contributed by atoms with E-state index in [1.807, 2.05) is 56.3 Å². The molecule has 0 aliphatic heterocycles. The highest BCUT2D eigenvalue weighted by Crippen LogP contribution is 2.18. The SMILES string of the molecule is CCc1ccccc1OCNC(=O)Nc1ccc(C)c(C)c1. The first-order valence-electron chi connectivity index (χ1n) is 7.43. The molecule has 0 saturated heterocycles. The lowest BCUT2D eigenvalue weighted by Gasteiger charge is -2.12. The van der Waals surface area contributed by atoms with Crippen LogP contribution in [0, 0.1) is 13.8 Å². The monoisotopic (exact) mass is 298 g/mol. The summed E-state index contributed by atoms with van der Waals surface area (Å²) in [7, 11) is 0. The van der Waals surface area contributed by atoms with Crippen LogP contribution in [0.3, 0.4) is 0 Å². The van der Waals surface area contributed by atoms with Gasteiger partial charge in [-0.15, -0.1) is 0 Å². The molecular weight excluding hydrogens is 276 g/mol. The highest BCUT2D eigenvalue weighted by molar-refractivity contribution is 5.89. The first-order chi connectivity index (χ1) is 10.6.